The van der Waals surface area contributed by atoms with Crippen molar-refractivity contribution in [3.8, 4) is 0 Å². The van der Waals surface area contributed by atoms with Crippen molar-refractivity contribution in [2.75, 3.05) is 13.2 Å². The van der Waals surface area contributed by atoms with Crippen molar-refractivity contribution in [2.45, 2.75) is 65.3 Å². The van der Waals surface area contributed by atoms with E-state index in [0.717, 1.165) is 12.8 Å². The van der Waals surface area contributed by atoms with Gasteiger partial charge in [-0.1, -0.05) is 13.3 Å². The van der Waals surface area contributed by atoms with Crippen molar-refractivity contribution in [2.24, 2.45) is 0 Å². The topological polar surface area (TPSA) is 38.7 Å². The summed E-state index contributed by atoms with van der Waals surface area (Å²) in [5.41, 5.74) is -0.0834. The van der Waals surface area contributed by atoms with Crippen LogP contribution in [0.4, 0.5) is 0 Å². The zero-order valence-corrected chi connectivity index (χ0v) is 10.7. The summed E-state index contributed by atoms with van der Waals surface area (Å²) in [7, 11) is 0. The third kappa shape index (κ3) is 7.77. The zero-order valence-electron chi connectivity index (χ0n) is 10.7. The van der Waals surface area contributed by atoms with Crippen molar-refractivity contribution in [3.05, 3.63) is 0 Å². The van der Waals surface area contributed by atoms with Crippen LogP contribution < -0.4 is 0 Å². The van der Waals surface area contributed by atoms with E-state index in [0.29, 0.717) is 6.61 Å². The third-order valence-electron chi connectivity index (χ3n) is 2.24. The lowest BCUT2D eigenvalue weighted by molar-refractivity contribution is -0.110. The summed E-state index contributed by atoms with van der Waals surface area (Å²) >= 11 is 0. The van der Waals surface area contributed by atoms with Crippen LogP contribution in [-0.4, -0.2) is 36.1 Å². The van der Waals surface area contributed by atoms with Gasteiger partial charge < -0.3 is 14.6 Å². The molecule has 0 amide bonds. The summed E-state index contributed by atoms with van der Waals surface area (Å²) in [4.78, 5) is 0. The van der Waals surface area contributed by atoms with E-state index < -0.39 is 0 Å². The van der Waals surface area contributed by atoms with Gasteiger partial charge in [0.05, 0.1) is 31.0 Å². The second-order valence-electron chi connectivity index (χ2n) is 4.76. The van der Waals surface area contributed by atoms with Gasteiger partial charge >= 0.3 is 0 Å². The van der Waals surface area contributed by atoms with Gasteiger partial charge in [0.15, 0.2) is 0 Å². The number of hydrogen-bond acceptors (Lipinski definition) is 3. The molecule has 0 aromatic carbocycles. The highest BCUT2D eigenvalue weighted by Gasteiger charge is 2.20. The molecule has 0 spiro atoms. The number of rotatable bonds is 8. The minimum absolute atomic E-state index is 0.0606. The predicted molar refractivity (Wildman–Crippen MR) is 62.0 cm³/mol. The highest BCUT2D eigenvalue weighted by Crippen LogP contribution is 2.18. The summed E-state index contributed by atoms with van der Waals surface area (Å²) in [5.74, 6) is 0. The van der Waals surface area contributed by atoms with Gasteiger partial charge in [-0.3, -0.25) is 0 Å². The molecule has 0 rings (SSSR count). The van der Waals surface area contributed by atoms with E-state index in [1.54, 1.807) is 0 Å². The Labute approximate surface area is 93.8 Å². The quantitative estimate of drug-likeness (QED) is 0.679. The fourth-order valence-electron chi connectivity index (χ4n) is 1.59. The summed E-state index contributed by atoms with van der Waals surface area (Å²) in [6.07, 6.45) is 2.13. The highest BCUT2D eigenvalue weighted by atomic mass is 16.6. The van der Waals surface area contributed by atoms with E-state index in [-0.39, 0.29) is 24.4 Å². The molecule has 1 N–H and O–H groups in total. The van der Waals surface area contributed by atoms with Gasteiger partial charge in [0.25, 0.3) is 0 Å². The first-order valence-electron chi connectivity index (χ1n) is 5.81. The molecule has 0 saturated carbocycles. The van der Waals surface area contributed by atoms with Crippen molar-refractivity contribution < 1.29 is 14.6 Å². The van der Waals surface area contributed by atoms with E-state index in [1.165, 1.54) is 0 Å². The third-order valence-corrected chi connectivity index (χ3v) is 2.24. The monoisotopic (exact) mass is 218 g/mol. The summed E-state index contributed by atoms with van der Waals surface area (Å²) in [5, 5.41) is 8.80. The molecule has 3 nitrogen and oxygen atoms in total. The highest BCUT2D eigenvalue weighted by molar-refractivity contribution is 4.69. The summed E-state index contributed by atoms with van der Waals surface area (Å²) in [6.45, 7) is 10.8. The first kappa shape index (κ1) is 14.9. The molecule has 0 saturated heterocycles. The molecule has 15 heavy (non-hydrogen) atoms. The van der Waals surface area contributed by atoms with Crippen LogP contribution in [0.3, 0.4) is 0 Å². The Morgan fingerprint density at radius 1 is 1.20 bits per heavy atom. The number of ether oxygens (including phenoxy) is 2. The summed E-state index contributed by atoms with van der Waals surface area (Å²) in [6, 6.07) is 0. The standard InChI is InChI=1S/C12H26O3/c1-6-7-12(4,5)15-11(3)9-14-10(2)8-13/h10-11,13H,6-9H2,1-5H3. The maximum absolute atomic E-state index is 8.80. The minimum atomic E-state index is -0.106. The normalized spacial score (nSPS) is 16.4. The Hall–Kier alpha value is -0.120. The smallest absolute Gasteiger partial charge is 0.0787 e. The maximum atomic E-state index is 8.80. The van der Waals surface area contributed by atoms with Gasteiger partial charge in [-0.2, -0.15) is 0 Å². The Morgan fingerprint density at radius 2 is 1.80 bits per heavy atom. The number of aliphatic hydroxyl groups is 1. The molecule has 2 atom stereocenters. The predicted octanol–water partition coefficient (Wildman–Crippen LogP) is 2.37. The molecule has 0 aromatic rings. The minimum Gasteiger partial charge on any atom is -0.394 e. The molecule has 0 heterocycles. The summed E-state index contributed by atoms with van der Waals surface area (Å²) < 4.78 is 11.3. The molecule has 0 aliphatic rings. The van der Waals surface area contributed by atoms with Crippen LogP contribution in [0.25, 0.3) is 0 Å². The van der Waals surface area contributed by atoms with Crippen LogP contribution in [0.15, 0.2) is 0 Å². The van der Waals surface area contributed by atoms with Crippen LogP contribution in [0.1, 0.15) is 47.5 Å². The molecular weight excluding hydrogens is 192 g/mol. The van der Waals surface area contributed by atoms with Gasteiger partial charge in [0.2, 0.25) is 0 Å². The Balaban J connectivity index is 3.77. The van der Waals surface area contributed by atoms with E-state index in [9.17, 15) is 0 Å². The van der Waals surface area contributed by atoms with Crippen molar-refractivity contribution in [3.63, 3.8) is 0 Å². The van der Waals surface area contributed by atoms with Crippen molar-refractivity contribution >= 4 is 0 Å². The lowest BCUT2D eigenvalue weighted by Gasteiger charge is -2.29. The molecule has 0 fully saturated rings. The van der Waals surface area contributed by atoms with Crippen LogP contribution in [-0.2, 0) is 9.47 Å². The lowest BCUT2D eigenvalue weighted by Crippen LogP contribution is -2.32. The lowest BCUT2D eigenvalue weighted by atomic mass is 10.0. The first-order valence-corrected chi connectivity index (χ1v) is 5.81. The largest absolute Gasteiger partial charge is 0.394 e. The molecule has 0 radical (unpaired) electrons. The van der Waals surface area contributed by atoms with E-state index in [4.69, 9.17) is 14.6 Å². The first-order chi connectivity index (χ1) is 6.91. The van der Waals surface area contributed by atoms with Gasteiger partial charge in [0, 0.05) is 0 Å². The molecular formula is C12H26O3. The second-order valence-corrected chi connectivity index (χ2v) is 4.76. The van der Waals surface area contributed by atoms with Gasteiger partial charge in [0.1, 0.15) is 0 Å². The van der Waals surface area contributed by atoms with Crippen LogP contribution >= 0.6 is 0 Å². The molecule has 0 aromatic heterocycles. The van der Waals surface area contributed by atoms with E-state index >= 15 is 0 Å². The molecule has 3 heteroatoms. The molecule has 0 bridgehead atoms. The molecule has 0 aliphatic carbocycles. The number of aliphatic hydroxyl groups excluding tert-OH is 1. The SMILES string of the molecule is CCCC(C)(C)OC(C)COC(C)CO. The average Bonchev–Trinajstić information content (AvgIpc) is 2.13. The average molecular weight is 218 g/mol. The van der Waals surface area contributed by atoms with Gasteiger partial charge in [-0.15, -0.1) is 0 Å². The van der Waals surface area contributed by atoms with E-state index in [1.807, 2.05) is 13.8 Å². The van der Waals surface area contributed by atoms with Crippen LogP contribution in [0.5, 0.6) is 0 Å². The van der Waals surface area contributed by atoms with Crippen molar-refractivity contribution in [1.82, 2.24) is 0 Å². The fourth-order valence-corrected chi connectivity index (χ4v) is 1.59. The number of hydrogen-bond donors (Lipinski definition) is 1. The maximum Gasteiger partial charge on any atom is 0.0787 e. The van der Waals surface area contributed by atoms with Crippen LogP contribution in [0.2, 0.25) is 0 Å². The van der Waals surface area contributed by atoms with E-state index in [2.05, 4.69) is 20.8 Å². The van der Waals surface area contributed by atoms with Gasteiger partial charge in [-0.05, 0) is 34.1 Å². The molecule has 92 valence electrons. The molecule has 2 unspecified atom stereocenters. The van der Waals surface area contributed by atoms with Crippen molar-refractivity contribution in [1.29, 1.82) is 0 Å². The molecule has 0 aliphatic heterocycles. The Morgan fingerprint density at radius 3 is 2.27 bits per heavy atom. The van der Waals surface area contributed by atoms with Crippen LogP contribution in [0, 0.1) is 0 Å². The van der Waals surface area contributed by atoms with Gasteiger partial charge in [-0.25, -0.2) is 0 Å². The fraction of sp³-hybridized carbons (Fsp3) is 1.00. The Kier molecular flexibility index (Phi) is 7.14. The zero-order chi connectivity index (χ0) is 11.9. The second kappa shape index (κ2) is 7.20. The Bertz CT molecular complexity index is 157.